The number of hydrogen-bond donors (Lipinski definition) is 2. The third-order valence-electron chi connectivity index (χ3n) is 5.12. The van der Waals surface area contributed by atoms with Crippen LogP contribution in [0.5, 0.6) is 0 Å². The molecule has 4 aromatic heterocycles. The van der Waals surface area contributed by atoms with Crippen LogP contribution in [-0.2, 0) is 0 Å². The van der Waals surface area contributed by atoms with Gasteiger partial charge in [-0.2, -0.15) is 9.78 Å². The Labute approximate surface area is 191 Å². The van der Waals surface area contributed by atoms with Gasteiger partial charge in [-0.3, -0.25) is 19.4 Å². The third-order valence-corrected chi connectivity index (χ3v) is 5.12. The molecule has 34 heavy (non-hydrogen) atoms. The number of rotatable bonds is 5. The lowest BCUT2D eigenvalue weighted by atomic mass is 10.1. The largest absolute Gasteiger partial charge is 0.463 e. The third kappa shape index (κ3) is 3.92. The first-order chi connectivity index (χ1) is 16.4. The van der Waals surface area contributed by atoms with Gasteiger partial charge < -0.3 is 14.2 Å². The molecule has 0 aliphatic carbocycles. The molecular formula is C24H19N5O5. The van der Waals surface area contributed by atoms with E-state index in [0.29, 0.717) is 28.1 Å². The first kappa shape index (κ1) is 21.1. The van der Waals surface area contributed by atoms with Crippen molar-refractivity contribution < 1.29 is 13.6 Å². The summed E-state index contributed by atoms with van der Waals surface area (Å²) in [5.74, 6) is -0.0915. The Morgan fingerprint density at radius 2 is 1.91 bits per heavy atom. The SMILES string of the molecule is CC(C)c1cc(=O)[nH]c(-n2nc(-c3ccco3)cc2NC(=O)c2cc(=O)c3ccccc3o2)n1. The number of benzene rings is 1. The van der Waals surface area contributed by atoms with E-state index in [1.54, 1.807) is 42.5 Å². The molecular weight excluding hydrogens is 438 g/mol. The van der Waals surface area contributed by atoms with Gasteiger partial charge in [0.05, 0.1) is 17.3 Å². The van der Waals surface area contributed by atoms with E-state index in [-0.39, 0.29) is 34.4 Å². The van der Waals surface area contributed by atoms with E-state index in [1.807, 2.05) is 13.8 Å². The molecule has 0 saturated carbocycles. The molecule has 1 amide bonds. The van der Waals surface area contributed by atoms with Crippen LogP contribution < -0.4 is 16.3 Å². The predicted molar refractivity (Wildman–Crippen MR) is 124 cm³/mol. The fourth-order valence-electron chi connectivity index (χ4n) is 3.43. The van der Waals surface area contributed by atoms with Gasteiger partial charge in [-0.05, 0) is 30.2 Å². The number of nitrogens with one attached hydrogen (secondary N) is 2. The van der Waals surface area contributed by atoms with Crippen LogP contribution in [0.4, 0.5) is 5.82 Å². The second kappa shape index (κ2) is 8.32. The number of furan rings is 1. The predicted octanol–water partition coefficient (Wildman–Crippen LogP) is 3.70. The smallest absolute Gasteiger partial charge is 0.292 e. The number of aromatic amines is 1. The molecule has 170 valence electrons. The first-order valence-electron chi connectivity index (χ1n) is 10.5. The molecule has 10 heteroatoms. The van der Waals surface area contributed by atoms with Crippen LogP contribution in [-0.4, -0.2) is 25.7 Å². The van der Waals surface area contributed by atoms with Gasteiger partial charge >= 0.3 is 0 Å². The average molecular weight is 457 g/mol. The molecule has 0 aliphatic rings. The zero-order valence-corrected chi connectivity index (χ0v) is 18.2. The lowest BCUT2D eigenvalue weighted by molar-refractivity contribution is 0.0996. The number of aromatic nitrogens is 4. The molecule has 5 rings (SSSR count). The molecule has 10 nitrogen and oxygen atoms in total. The first-order valence-corrected chi connectivity index (χ1v) is 10.5. The highest BCUT2D eigenvalue weighted by Gasteiger charge is 2.20. The van der Waals surface area contributed by atoms with Crippen molar-refractivity contribution in [2.24, 2.45) is 0 Å². The zero-order valence-electron chi connectivity index (χ0n) is 18.2. The minimum atomic E-state index is -0.669. The monoisotopic (exact) mass is 457 g/mol. The van der Waals surface area contributed by atoms with Gasteiger partial charge in [0.25, 0.3) is 11.5 Å². The number of fused-ring (bicyclic) bond motifs is 1. The molecule has 5 aromatic rings. The number of nitrogens with zero attached hydrogens (tertiary/aromatic N) is 3. The van der Waals surface area contributed by atoms with Gasteiger partial charge in [0.1, 0.15) is 17.1 Å². The normalized spacial score (nSPS) is 11.3. The van der Waals surface area contributed by atoms with Crippen LogP contribution >= 0.6 is 0 Å². The minimum absolute atomic E-state index is 0.00827. The Kier molecular flexibility index (Phi) is 5.17. The van der Waals surface area contributed by atoms with Gasteiger partial charge in [0, 0.05) is 18.2 Å². The molecule has 1 aromatic carbocycles. The van der Waals surface area contributed by atoms with Gasteiger partial charge in [-0.1, -0.05) is 26.0 Å². The average Bonchev–Trinajstić information content (AvgIpc) is 3.49. The highest BCUT2D eigenvalue weighted by molar-refractivity contribution is 6.02. The van der Waals surface area contributed by atoms with Crippen molar-refractivity contribution in [1.82, 2.24) is 19.7 Å². The van der Waals surface area contributed by atoms with Crippen molar-refractivity contribution >= 4 is 22.7 Å². The number of amides is 1. The number of para-hydroxylation sites is 1. The molecule has 0 aliphatic heterocycles. The highest BCUT2D eigenvalue weighted by Crippen LogP contribution is 2.25. The van der Waals surface area contributed by atoms with Crippen LogP contribution in [0.3, 0.4) is 0 Å². The van der Waals surface area contributed by atoms with Gasteiger partial charge in [0.2, 0.25) is 5.95 Å². The van der Waals surface area contributed by atoms with Crippen LogP contribution in [0.1, 0.15) is 36.0 Å². The summed E-state index contributed by atoms with van der Waals surface area (Å²) >= 11 is 0. The van der Waals surface area contributed by atoms with E-state index in [9.17, 15) is 14.4 Å². The summed E-state index contributed by atoms with van der Waals surface area (Å²) in [6.45, 7) is 3.82. The van der Waals surface area contributed by atoms with Gasteiger partial charge in [-0.25, -0.2) is 4.98 Å². The summed E-state index contributed by atoms with van der Waals surface area (Å²) in [6, 6.07) is 14.2. The lowest BCUT2D eigenvalue weighted by Crippen LogP contribution is -2.20. The van der Waals surface area contributed by atoms with Gasteiger partial charge in [-0.15, -0.1) is 0 Å². The van der Waals surface area contributed by atoms with Crippen molar-refractivity contribution in [2.75, 3.05) is 5.32 Å². The molecule has 2 N–H and O–H groups in total. The Morgan fingerprint density at radius 1 is 1.09 bits per heavy atom. The van der Waals surface area contributed by atoms with Crippen molar-refractivity contribution in [2.45, 2.75) is 19.8 Å². The lowest BCUT2D eigenvalue weighted by Gasteiger charge is -2.10. The summed E-state index contributed by atoms with van der Waals surface area (Å²) in [4.78, 5) is 44.8. The second-order valence-corrected chi connectivity index (χ2v) is 7.88. The Balaban J connectivity index is 1.59. The number of hydrogen-bond acceptors (Lipinski definition) is 7. The molecule has 0 spiro atoms. The van der Waals surface area contributed by atoms with E-state index in [2.05, 4.69) is 20.4 Å². The van der Waals surface area contributed by atoms with Crippen molar-refractivity contribution in [3.05, 3.63) is 92.9 Å². The summed E-state index contributed by atoms with van der Waals surface area (Å²) < 4.78 is 12.4. The quantitative estimate of drug-likeness (QED) is 0.411. The van der Waals surface area contributed by atoms with Crippen LogP contribution in [0, 0.1) is 0 Å². The molecule has 0 atom stereocenters. The van der Waals surface area contributed by atoms with E-state index >= 15 is 0 Å². The van der Waals surface area contributed by atoms with Crippen LogP contribution in [0.25, 0.3) is 28.4 Å². The summed E-state index contributed by atoms with van der Waals surface area (Å²) in [5, 5.41) is 7.53. The molecule has 0 radical (unpaired) electrons. The standard InChI is InChI=1S/C24H19N5O5/c1-13(2)15-11-22(31)27-24(25-15)29-21(10-16(28-29)19-8-5-9-33-19)26-23(32)20-12-17(30)14-6-3-4-7-18(14)34-20/h3-13H,1-2H3,(H,26,32)(H,25,27,31). The molecule has 0 bridgehead atoms. The van der Waals surface area contributed by atoms with E-state index in [4.69, 9.17) is 8.83 Å². The van der Waals surface area contributed by atoms with Gasteiger partial charge in [0.15, 0.2) is 16.9 Å². The van der Waals surface area contributed by atoms with Crippen molar-refractivity contribution in [3.63, 3.8) is 0 Å². The molecule has 0 unspecified atom stereocenters. The van der Waals surface area contributed by atoms with Crippen LogP contribution in [0.15, 0.2) is 79.3 Å². The number of carbonyl (C=O) groups is 1. The topological polar surface area (TPSA) is 136 Å². The fraction of sp³-hybridized carbons (Fsp3) is 0.125. The van der Waals surface area contributed by atoms with E-state index in [1.165, 1.54) is 17.0 Å². The number of H-pyrrole nitrogens is 1. The second-order valence-electron chi connectivity index (χ2n) is 7.88. The fourth-order valence-corrected chi connectivity index (χ4v) is 3.43. The minimum Gasteiger partial charge on any atom is -0.463 e. The summed E-state index contributed by atoms with van der Waals surface area (Å²) in [6.07, 6.45) is 1.50. The summed E-state index contributed by atoms with van der Waals surface area (Å²) in [5.41, 5.74) is 0.555. The maximum absolute atomic E-state index is 13.0. The molecule has 4 heterocycles. The molecule has 0 saturated heterocycles. The number of carbonyl (C=O) groups excluding carboxylic acids is 1. The Bertz CT molecular complexity index is 1630. The Morgan fingerprint density at radius 3 is 2.68 bits per heavy atom. The zero-order chi connectivity index (χ0) is 23.8. The van der Waals surface area contributed by atoms with E-state index in [0.717, 1.165) is 6.07 Å². The van der Waals surface area contributed by atoms with E-state index < -0.39 is 5.91 Å². The Hall–Kier alpha value is -4.73. The molecule has 0 fully saturated rings. The van der Waals surface area contributed by atoms with Crippen molar-refractivity contribution in [3.8, 4) is 17.4 Å². The summed E-state index contributed by atoms with van der Waals surface area (Å²) in [7, 11) is 0. The van der Waals surface area contributed by atoms with Crippen molar-refractivity contribution in [1.29, 1.82) is 0 Å². The highest BCUT2D eigenvalue weighted by atomic mass is 16.3. The van der Waals surface area contributed by atoms with Crippen LogP contribution in [0.2, 0.25) is 0 Å². The number of anilines is 1. The maximum atomic E-state index is 13.0. The maximum Gasteiger partial charge on any atom is 0.292 e.